The minimum absolute atomic E-state index is 0.0500. The number of nitrogens with zero attached hydrogens (tertiary/aromatic N) is 4. The first-order valence-electron chi connectivity index (χ1n) is 10.2. The van der Waals surface area contributed by atoms with Gasteiger partial charge in [-0.3, -0.25) is 18.8 Å². The van der Waals surface area contributed by atoms with Crippen LogP contribution >= 0.6 is 0 Å². The summed E-state index contributed by atoms with van der Waals surface area (Å²) in [6.45, 7) is 1.80. The molecule has 2 heterocycles. The Kier molecular flexibility index (Phi) is 7.05. The van der Waals surface area contributed by atoms with Crippen molar-refractivity contribution in [2.75, 3.05) is 0 Å². The lowest BCUT2D eigenvalue weighted by molar-refractivity contribution is -0.135. The second-order valence-corrected chi connectivity index (χ2v) is 7.74. The molecule has 0 aliphatic carbocycles. The third kappa shape index (κ3) is 5.80. The van der Waals surface area contributed by atoms with Crippen molar-refractivity contribution in [1.82, 2.24) is 19.3 Å². The van der Waals surface area contributed by atoms with Crippen molar-refractivity contribution >= 4 is 17.6 Å². The van der Waals surface area contributed by atoms with Crippen molar-refractivity contribution in [1.29, 1.82) is 5.26 Å². The number of aromatic nitrogens is 3. The highest BCUT2D eigenvalue weighted by atomic mass is 19.4. The minimum atomic E-state index is -4.35. The number of imidazole rings is 1. The molecule has 34 heavy (non-hydrogen) atoms. The number of hydrogen-bond acceptors (Lipinski definition) is 5. The smallest absolute Gasteiger partial charge is 0.367 e. The van der Waals surface area contributed by atoms with Gasteiger partial charge in [0.25, 0.3) is 11.5 Å². The maximum Gasteiger partial charge on any atom is 0.389 e. The van der Waals surface area contributed by atoms with Crippen LogP contribution in [0.15, 0.2) is 41.5 Å². The Bertz CT molecular complexity index is 1320. The molecule has 0 spiro atoms. The van der Waals surface area contributed by atoms with E-state index in [1.165, 1.54) is 27.4 Å². The van der Waals surface area contributed by atoms with Crippen LogP contribution in [-0.2, 0) is 22.6 Å². The maximum atomic E-state index is 13.0. The molecule has 1 aromatic carbocycles. The molecular formula is C22H21F3N6O3. The third-order valence-electron chi connectivity index (χ3n) is 5.03. The lowest BCUT2D eigenvalue weighted by atomic mass is 10.1. The first-order chi connectivity index (χ1) is 16.0. The van der Waals surface area contributed by atoms with Crippen molar-refractivity contribution in [3.05, 3.63) is 58.1 Å². The fraction of sp³-hybridized carbons (Fsp3) is 0.318. The summed E-state index contributed by atoms with van der Waals surface area (Å²) in [7, 11) is 0. The van der Waals surface area contributed by atoms with E-state index in [0.717, 1.165) is 5.56 Å². The van der Waals surface area contributed by atoms with Crippen molar-refractivity contribution < 1.29 is 22.8 Å². The summed E-state index contributed by atoms with van der Waals surface area (Å²) < 4.78 is 40.6. The molecule has 9 nitrogen and oxygen atoms in total. The highest BCUT2D eigenvalue weighted by Crippen LogP contribution is 2.23. The highest BCUT2D eigenvalue weighted by molar-refractivity contribution is 5.89. The molecule has 0 radical (unpaired) electrons. The van der Waals surface area contributed by atoms with Gasteiger partial charge in [0.15, 0.2) is 6.04 Å². The molecule has 1 unspecified atom stereocenters. The zero-order chi connectivity index (χ0) is 25.0. The van der Waals surface area contributed by atoms with Crippen LogP contribution in [0.2, 0.25) is 0 Å². The summed E-state index contributed by atoms with van der Waals surface area (Å²) >= 11 is 0. The number of nitrogens with one attached hydrogen (secondary N) is 1. The van der Waals surface area contributed by atoms with Crippen molar-refractivity contribution in [3.8, 4) is 17.3 Å². The van der Waals surface area contributed by atoms with Crippen LogP contribution in [0.4, 0.5) is 13.2 Å². The number of alkyl halides is 3. The molecule has 3 rings (SSSR count). The first-order valence-corrected chi connectivity index (χ1v) is 10.2. The standard InChI is InChI=1S/C22H21F3N6O3/c1-13-3-5-14(6-4-13)17-12-31-20(34)15(9-18(32)28-16(10-26)19(27)33)11-30(21(31)29-17)8-2-7-22(23,24)25/h3-6,11-12,16H,2,7-9H2,1H3,(H2,27,33)(H,28,32). The molecule has 12 heteroatoms. The van der Waals surface area contributed by atoms with Gasteiger partial charge in [-0.15, -0.1) is 0 Å². The predicted molar refractivity (Wildman–Crippen MR) is 115 cm³/mol. The predicted octanol–water partition coefficient (Wildman–Crippen LogP) is 1.85. The lowest BCUT2D eigenvalue weighted by Crippen LogP contribution is -2.44. The van der Waals surface area contributed by atoms with Gasteiger partial charge in [-0.25, -0.2) is 4.98 Å². The largest absolute Gasteiger partial charge is 0.389 e. The van der Waals surface area contributed by atoms with Crippen LogP contribution in [-0.4, -0.2) is 38.0 Å². The van der Waals surface area contributed by atoms with Crippen LogP contribution in [0, 0.1) is 18.3 Å². The molecule has 0 saturated carbocycles. The van der Waals surface area contributed by atoms with Gasteiger partial charge < -0.3 is 15.6 Å². The summed E-state index contributed by atoms with van der Waals surface area (Å²) in [6.07, 6.45) is -3.44. The van der Waals surface area contributed by atoms with Gasteiger partial charge in [-0.05, 0) is 13.3 Å². The fourth-order valence-electron chi connectivity index (χ4n) is 3.33. The van der Waals surface area contributed by atoms with Crippen LogP contribution < -0.4 is 16.6 Å². The number of nitrogens with two attached hydrogens (primary N) is 1. The van der Waals surface area contributed by atoms with E-state index >= 15 is 0 Å². The third-order valence-corrected chi connectivity index (χ3v) is 5.03. The Morgan fingerprint density at radius 1 is 1.24 bits per heavy atom. The molecule has 0 fully saturated rings. The van der Waals surface area contributed by atoms with E-state index in [2.05, 4.69) is 10.3 Å². The Labute approximate surface area is 191 Å². The maximum absolute atomic E-state index is 13.0. The number of primary amides is 1. The molecule has 0 bridgehead atoms. The number of fused-ring (bicyclic) bond motifs is 1. The number of carbonyl (C=O) groups is 2. The molecule has 3 aromatic rings. The van der Waals surface area contributed by atoms with Gasteiger partial charge >= 0.3 is 6.18 Å². The topological polar surface area (TPSA) is 135 Å². The normalized spacial score (nSPS) is 12.3. The van der Waals surface area contributed by atoms with Crippen LogP contribution in [0.25, 0.3) is 17.0 Å². The Morgan fingerprint density at radius 2 is 1.91 bits per heavy atom. The quantitative estimate of drug-likeness (QED) is 0.514. The number of amides is 2. The van der Waals surface area contributed by atoms with Gasteiger partial charge in [-0.1, -0.05) is 29.8 Å². The zero-order valence-corrected chi connectivity index (χ0v) is 18.1. The lowest BCUT2D eigenvalue weighted by Gasteiger charge is -2.13. The Hall–Kier alpha value is -4.14. The molecule has 2 aromatic heterocycles. The molecule has 3 N–H and O–H groups in total. The molecule has 178 valence electrons. The average molecular weight is 474 g/mol. The average Bonchev–Trinajstić information content (AvgIpc) is 3.20. The summed E-state index contributed by atoms with van der Waals surface area (Å²) in [5.41, 5.74) is 6.52. The number of nitriles is 1. The Morgan fingerprint density at radius 3 is 2.50 bits per heavy atom. The summed E-state index contributed by atoms with van der Waals surface area (Å²) in [5.74, 6) is -1.75. The van der Waals surface area contributed by atoms with Crippen LogP contribution in [0.5, 0.6) is 0 Å². The van der Waals surface area contributed by atoms with E-state index in [1.807, 2.05) is 19.1 Å². The number of carbonyl (C=O) groups excluding carboxylic acids is 2. The van der Waals surface area contributed by atoms with Gasteiger partial charge in [-0.2, -0.15) is 18.4 Å². The number of halogens is 3. The number of rotatable bonds is 8. The van der Waals surface area contributed by atoms with Gasteiger partial charge in [0.2, 0.25) is 11.7 Å². The molecule has 0 aliphatic heterocycles. The molecular weight excluding hydrogens is 453 g/mol. The number of benzene rings is 1. The molecule has 0 aliphatic rings. The monoisotopic (exact) mass is 474 g/mol. The molecule has 1 atom stereocenters. The van der Waals surface area contributed by atoms with Gasteiger partial charge in [0, 0.05) is 36.5 Å². The van der Waals surface area contributed by atoms with Gasteiger partial charge in [0.05, 0.1) is 18.2 Å². The van der Waals surface area contributed by atoms with E-state index in [-0.39, 0.29) is 24.3 Å². The van der Waals surface area contributed by atoms with E-state index in [1.54, 1.807) is 12.1 Å². The molecule has 2 amide bonds. The van der Waals surface area contributed by atoms with E-state index < -0.39 is 42.4 Å². The van der Waals surface area contributed by atoms with Gasteiger partial charge in [0.1, 0.15) is 0 Å². The second kappa shape index (κ2) is 9.78. The number of hydrogen-bond donors (Lipinski definition) is 2. The summed E-state index contributed by atoms with van der Waals surface area (Å²) in [5, 5.41) is 11.0. The van der Waals surface area contributed by atoms with E-state index in [4.69, 9.17) is 11.0 Å². The van der Waals surface area contributed by atoms with Crippen molar-refractivity contribution in [2.45, 2.75) is 44.9 Å². The summed E-state index contributed by atoms with van der Waals surface area (Å²) in [6, 6.07) is 7.27. The van der Waals surface area contributed by atoms with E-state index in [9.17, 15) is 27.6 Å². The number of aryl methyl sites for hydroxylation is 2. The zero-order valence-electron chi connectivity index (χ0n) is 18.1. The van der Waals surface area contributed by atoms with Crippen molar-refractivity contribution in [2.24, 2.45) is 5.73 Å². The molecule has 0 saturated heterocycles. The van der Waals surface area contributed by atoms with E-state index in [0.29, 0.717) is 11.3 Å². The first kappa shape index (κ1) is 24.5. The second-order valence-electron chi connectivity index (χ2n) is 7.74. The minimum Gasteiger partial charge on any atom is -0.367 e. The van der Waals surface area contributed by atoms with Crippen molar-refractivity contribution in [3.63, 3.8) is 0 Å². The summed E-state index contributed by atoms with van der Waals surface area (Å²) in [4.78, 5) is 40.9. The SMILES string of the molecule is Cc1ccc(-c2cn3c(=O)c(CC(=O)NC(C#N)C(N)=O)cn(CCCC(F)(F)F)c3n2)cc1. The Balaban J connectivity index is 2.01. The fourth-order valence-corrected chi connectivity index (χ4v) is 3.33. The highest BCUT2D eigenvalue weighted by Gasteiger charge is 2.26. The van der Waals surface area contributed by atoms with Crippen LogP contribution in [0.1, 0.15) is 24.0 Å². The van der Waals surface area contributed by atoms with Crippen LogP contribution in [0.3, 0.4) is 0 Å².